The molecule has 0 heterocycles. The van der Waals surface area contributed by atoms with Crippen LogP contribution in [0.4, 0.5) is 5.69 Å². The first-order valence-electron chi connectivity index (χ1n) is 5.81. The summed E-state index contributed by atoms with van der Waals surface area (Å²) >= 11 is 0. The van der Waals surface area contributed by atoms with Gasteiger partial charge in [-0.15, -0.1) is 0 Å². The number of aromatic hydroxyl groups is 1. The molecule has 0 saturated carbocycles. The lowest BCUT2D eigenvalue weighted by Crippen LogP contribution is -2.26. The minimum atomic E-state index is -3.38. The quantitative estimate of drug-likeness (QED) is 0.831. The first-order chi connectivity index (χ1) is 8.00. The maximum atomic E-state index is 12.0. The molecule has 1 aromatic rings. The van der Waals surface area contributed by atoms with Gasteiger partial charge in [0.15, 0.2) is 0 Å². The van der Waals surface area contributed by atoms with Crippen LogP contribution in [0.3, 0.4) is 0 Å². The second-order valence-corrected chi connectivity index (χ2v) is 7.60. The van der Waals surface area contributed by atoms with E-state index in [1.165, 1.54) is 0 Å². The summed E-state index contributed by atoms with van der Waals surface area (Å²) in [5, 5.41) is 9.53. The molecule has 2 N–H and O–H groups in total. The van der Waals surface area contributed by atoms with E-state index in [-0.39, 0.29) is 16.9 Å². The zero-order chi connectivity index (χ0) is 14.1. The molecular weight excluding hydrogens is 250 g/mol. The Bertz CT molecular complexity index is 542. The Hall–Kier alpha value is -1.23. The molecular formula is C13H21NO3S. The molecule has 0 bridgehead atoms. The molecule has 4 nitrogen and oxygen atoms in total. The highest BCUT2D eigenvalue weighted by atomic mass is 32.2. The van der Waals surface area contributed by atoms with Gasteiger partial charge in [0.05, 0.1) is 11.4 Å². The van der Waals surface area contributed by atoms with Crippen molar-refractivity contribution in [1.29, 1.82) is 0 Å². The van der Waals surface area contributed by atoms with Crippen molar-refractivity contribution < 1.29 is 13.5 Å². The fourth-order valence-corrected chi connectivity index (χ4v) is 3.45. The molecule has 18 heavy (non-hydrogen) atoms. The summed E-state index contributed by atoms with van der Waals surface area (Å²) in [7, 11) is -3.38. The largest absolute Gasteiger partial charge is 0.508 e. The van der Waals surface area contributed by atoms with Crippen LogP contribution in [-0.4, -0.2) is 19.3 Å². The van der Waals surface area contributed by atoms with Gasteiger partial charge >= 0.3 is 0 Å². The van der Waals surface area contributed by atoms with Crippen LogP contribution < -0.4 is 4.72 Å². The van der Waals surface area contributed by atoms with E-state index in [0.29, 0.717) is 16.8 Å². The van der Waals surface area contributed by atoms with E-state index < -0.39 is 10.0 Å². The second kappa shape index (κ2) is 4.80. The van der Waals surface area contributed by atoms with Gasteiger partial charge in [-0.1, -0.05) is 20.8 Å². The van der Waals surface area contributed by atoms with E-state index in [2.05, 4.69) is 4.72 Å². The average molecular weight is 271 g/mol. The standard InChI is InChI=1S/C13H21NO3S/c1-9-7-12(15)10(2)6-11(9)14-18(16,17)8-13(3,4)5/h6-7,14-15H,8H2,1-5H3. The Morgan fingerprint density at radius 1 is 1.17 bits per heavy atom. The number of anilines is 1. The summed E-state index contributed by atoms with van der Waals surface area (Å²) in [6.45, 7) is 9.12. The van der Waals surface area contributed by atoms with Gasteiger partial charge in [-0.25, -0.2) is 8.42 Å². The Morgan fingerprint density at radius 2 is 1.72 bits per heavy atom. The highest BCUT2D eigenvalue weighted by Crippen LogP contribution is 2.26. The minimum Gasteiger partial charge on any atom is -0.508 e. The van der Waals surface area contributed by atoms with E-state index in [4.69, 9.17) is 0 Å². The van der Waals surface area contributed by atoms with Gasteiger partial charge in [0.25, 0.3) is 0 Å². The smallest absolute Gasteiger partial charge is 0.233 e. The van der Waals surface area contributed by atoms with Crippen LogP contribution in [0.25, 0.3) is 0 Å². The van der Waals surface area contributed by atoms with Crippen molar-refractivity contribution in [1.82, 2.24) is 0 Å². The number of nitrogens with one attached hydrogen (secondary N) is 1. The lowest BCUT2D eigenvalue weighted by Gasteiger charge is -2.19. The maximum Gasteiger partial charge on any atom is 0.233 e. The third kappa shape index (κ3) is 4.22. The zero-order valence-corrected chi connectivity index (χ0v) is 12.4. The molecule has 102 valence electrons. The molecule has 0 radical (unpaired) electrons. The summed E-state index contributed by atoms with van der Waals surface area (Å²) < 4.78 is 26.6. The van der Waals surface area contributed by atoms with Crippen LogP contribution in [0.2, 0.25) is 0 Å². The van der Waals surface area contributed by atoms with Gasteiger partial charge in [-0.2, -0.15) is 0 Å². The van der Waals surface area contributed by atoms with Crippen molar-refractivity contribution in [2.24, 2.45) is 5.41 Å². The van der Waals surface area contributed by atoms with Crippen LogP contribution in [0.1, 0.15) is 31.9 Å². The molecule has 5 heteroatoms. The molecule has 0 spiro atoms. The van der Waals surface area contributed by atoms with Gasteiger partial charge in [-0.05, 0) is 42.5 Å². The van der Waals surface area contributed by atoms with E-state index in [1.54, 1.807) is 26.0 Å². The predicted molar refractivity (Wildman–Crippen MR) is 74.4 cm³/mol. The SMILES string of the molecule is Cc1cc(NS(=O)(=O)CC(C)(C)C)c(C)cc1O. The van der Waals surface area contributed by atoms with Crippen molar-refractivity contribution in [2.75, 3.05) is 10.5 Å². The number of aryl methyl sites for hydroxylation is 2. The maximum absolute atomic E-state index is 12.0. The van der Waals surface area contributed by atoms with E-state index in [0.717, 1.165) is 0 Å². The van der Waals surface area contributed by atoms with Crippen molar-refractivity contribution >= 4 is 15.7 Å². The molecule has 0 aromatic heterocycles. The Balaban J connectivity index is 3.02. The highest BCUT2D eigenvalue weighted by Gasteiger charge is 2.22. The number of hydrogen-bond donors (Lipinski definition) is 2. The summed E-state index contributed by atoms with van der Waals surface area (Å²) in [6.07, 6.45) is 0. The van der Waals surface area contributed by atoms with Crippen LogP contribution in [0, 0.1) is 19.3 Å². The Kier molecular flexibility index (Phi) is 3.96. The van der Waals surface area contributed by atoms with Crippen LogP contribution in [0.5, 0.6) is 5.75 Å². The topological polar surface area (TPSA) is 66.4 Å². The third-order valence-electron chi connectivity index (χ3n) is 2.43. The predicted octanol–water partition coefficient (Wildman–Crippen LogP) is 2.80. The van der Waals surface area contributed by atoms with Gasteiger partial charge in [0.2, 0.25) is 10.0 Å². The van der Waals surface area contributed by atoms with Gasteiger partial charge in [0, 0.05) is 0 Å². The number of sulfonamides is 1. The number of phenols is 1. The normalized spacial score (nSPS) is 12.5. The first kappa shape index (κ1) is 14.8. The number of phenolic OH excluding ortho intramolecular Hbond substituents is 1. The molecule has 0 atom stereocenters. The van der Waals surface area contributed by atoms with Crippen molar-refractivity contribution in [3.05, 3.63) is 23.3 Å². The van der Waals surface area contributed by atoms with Crippen molar-refractivity contribution in [3.63, 3.8) is 0 Å². The van der Waals surface area contributed by atoms with Crippen molar-refractivity contribution in [2.45, 2.75) is 34.6 Å². The Labute approximate surface area is 109 Å². The number of hydrogen-bond acceptors (Lipinski definition) is 3. The van der Waals surface area contributed by atoms with E-state index in [1.807, 2.05) is 20.8 Å². The molecule has 0 fully saturated rings. The number of benzene rings is 1. The number of rotatable bonds is 3. The zero-order valence-electron chi connectivity index (χ0n) is 11.5. The first-order valence-corrected chi connectivity index (χ1v) is 7.46. The fourth-order valence-electron chi connectivity index (χ4n) is 1.68. The summed E-state index contributed by atoms with van der Waals surface area (Å²) in [6, 6.07) is 3.20. The van der Waals surface area contributed by atoms with Crippen molar-refractivity contribution in [3.8, 4) is 5.75 Å². The molecule has 0 unspecified atom stereocenters. The monoisotopic (exact) mass is 271 g/mol. The third-order valence-corrected chi connectivity index (χ3v) is 4.21. The molecule has 0 aliphatic rings. The van der Waals surface area contributed by atoms with E-state index in [9.17, 15) is 13.5 Å². The average Bonchev–Trinajstić information content (AvgIpc) is 2.09. The van der Waals surface area contributed by atoms with Crippen LogP contribution in [0.15, 0.2) is 12.1 Å². The molecule has 0 aliphatic carbocycles. The van der Waals surface area contributed by atoms with Gasteiger partial charge in [0.1, 0.15) is 5.75 Å². The molecule has 1 aromatic carbocycles. The highest BCUT2D eigenvalue weighted by molar-refractivity contribution is 7.92. The lowest BCUT2D eigenvalue weighted by molar-refractivity contribution is 0.463. The van der Waals surface area contributed by atoms with Crippen LogP contribution >= 0.6 is 0 Å². The van der Waals surface area contributed by atoms with Crippen LogP contribution in [-0.2, 0) is 10.0 Å². The van der Waals surface area contributed by atoms with Gasteiger partial charge in [-0.3, -0.25) is 4.72 Å². The molecule has 0 aliphatic heterocycles. The summed E-state index contributed by atoms with van der Waals surface area (Å²) in [5.41, 5.74) is 1.57. The van der Waals surface area contributed by atoms with E-state index >= 15 is 0 Å². The summed E-state index contributed by atoms with van der Waals surface area (Å²) in [5.74, 6) is 0.227. The fraction of sp³-hybridized carbons (Fsp3) is 0.538. The molecule has 0 saturated heterocycles. The second-order valence-electron chi connectivity index (χ2n) is 5.88. The molecule has 1 rings (SSSR count). The summed E-state index contributed by atoms with van der Waals surface area (Å²) in [4.78, 5) is 0. The Morgan fingerprint density at radius 3 is 2.22 bits per heavy atom. The lowest BCUT2D eigenvalue weighted by atomic mass is 10.0. The van der Waals surface area contributed by atoms with Gasteiger partial charge < -0.3 is 5.11 Å². The minimum absolute atomic E-state index is 0.0549. The molecule has 0 amide bonds.